The fourth-order valence-corrected chi connectivity index (χ4v) is 3.50. The molecule has 182 valence electrons. The van der Waals surface area contributed by atoms with Gasteiger partial charge in [0.2, 0.25) is 0 Å². The highest BCUT2D eigenvalue weighted by Crippen LogP contribution is 2.29. The van der Waals surface area contributed by atoms with Gasteiger partial charge in [0.1, 0.15) is 6.61 Å². The number of sulfone groups is 1. The Morgan fingerprint density at radius 3 is 2.18 bits per heavy atom. The van der Waals surface area contributed by atoms with Crippen LogP contribution in [0.5, 0.6) is 0 Å². The van der Waals surface area contributed by atoms with Gasteiger partial charge in [0, 0.05) is 18.2 Å². The van der Waals surface area contributed by atoms with Crippen LogP contribution < -0.4 is 5.73 Å². The third-order valence-corrected chi connectivity index (χ3v) is 5.59. The van der Waals surface area contributed by atoms with Crippen LogP contribution in [0.15, 0.2) is 59.5 Å². The zero-order valence-electron chi connectivity index (χ0n) is 18.3. The number of nitrogens with two attached hydrogens (primary N) is 1. The first kappa shape index (κ1) is 26.5. The van der Waals surface area contributed by atoms with Crippen molar-refractivity contribution in [1.82, 2.24) is 0 Å². The Labute approximate surface area is 196 Å². The van der Waals surface area contributed by atoms with Crippen molar-refractivity contribution in [2.45, 2.75) is 11.3 Å². The van der Waals surface area contributed by atoms with Gasteiger partial charge in [-0.1, -0.05) is 42.5 Å². The lowest BCUT2D eigenvalue weighted by Crippen LogP contribution is -2.19. The largest absolute Gasteiger partial charge is 0.462 e. The molecule has 0 unspecified atom stereocenters. The summed E-state index contributed by atoms with van der Waals surface area (Å²) in [6, 6.07) is 14.2. The van der Waals surface area contributed by atoms with E-state index < -0.39 is 26.9 Å². The molecule has 0 aliphatic rings. The number of nitrogens with zero attached hydrogens (tertiary/aromatic N) is 1. The van der Waals surface area contributed by atoms with E-state index in [1.54, 1.807) is 30.3 Å². The molecule has 12 heteroatoms. The Balaban J connectivity index is 2.49. The van der Waals surface area contributed by atoms with Crippen LogP contribution in [-0.4, -0.2) is 58.1 Å². The van der Waals surface area contributed by atoms with E-state index in [0.29, 0.717) is 11.1 Å². The third kappa shape index (κ3) is 7.98. The van der Waals surface area contributed by atoms with E-state index in [1.807, 2.05) is 0 Å². The summed E-state index contributed by atoms with van der Waals surface area (Å²) in [5, 5.41) is 9.31. The van der Waals surface area contributed by atoms with Crippen molar-refractivity contribution in [3.8, 4) is 0 Å². The van der Waals surface area contributed by atoms with Crippen molar-refractivity contribution in [1.29, 1.82) is 0 Å². The SMILES string of the molecule is CS(=O)(=O)c1ccc(C(COC(=O)CN)=C(C(=O)OCCCO[N+](=O)[O-])c2ccccc2)cc1. The third-order valence-electron chi connectivity index (χ3n) is 4.46. The minimum absolute atomic E-state index is 0.0733. The number of hydrogen-bond donors (Lipinski definition) is 1. The molecule has 2 rings (SSSR count). The van der Waals surface area contributed by atoms with Crippen LogP contribution >= 0.6 is 0 Å². The number of carbonyl (C=O) groups excluding carboxylic acids is 2. The number of esters is 2. The molecule has 11 nitrogen and oxygen atoms in total. The summed E-state index contributed by atoms with van der Waals surface area (Å²) in [7, 11) is -3.46. The summed E-state index contributed by atoms with van der Waals surface area (Å²) in [6.07, 6.45) is 1.15. The summed E-state index contributed by atoms with van der Waals surface area (Å²) >= 11 is 0. The van der Waals surface area contributed by atoms with Gasteiger partial charge in [0.15, 0.2) is 9.84 Å². The molecule has 34 heavy (non-hydrogen) atoms. The molecule has 0 fully saturated rings. The Morgan fingerprint density at radius 2 is 1.62 bits per heavy atom. The van der Waals surface area contributed by atoms with Gasteiger partial charge in [-0.3, -0.25) is 4.79 Å². The highest BCUT2D eigenvalue weighted by molar-refractivity contribution is 7.90. The van der Waals surface area contributed by atoms with E-state index >= 15 is 0 Å². The van der Waals surface area contributed by atoms with E-state index in [0.717, 1.165) is 6.26 Å². The van der Waals surface area contributed by atoms with Crippen LogP contribution in [0.2, 0.25) is 0 Å². The molecule has 0 saturated carbocycles. The smallest absolute Gasteiger partial charge is 0.339 e. The molecule has 0 amide bonds. The standard InChI is InChI=1S/C22H24N2O9S/c1-34(29,30)18-10-8-16(9-11-18)19(15-32-20(25)14-23)21(17-6-3-2-4-7-17)22(26)31-12-5-13-33-24(27)28/h2-4,6-11H,5,12-15,23H2,1H3. The monoisotopic (exact) mass is 492 g/mol. The highest BCUT2D eigenvalue weighted by atomic mass is 32.2. The maximum atomic E-state index is 13.1. The molecule has 2 aromatic rings. The first-order valence-corrected chi connectivity index (χ1v) is 11.9. The van der Waals surface area contributed by atoms with Gasteiger partial charge in [0.25, 0.3) is 5.09 Å². The molecule has 0 radical (unpaired) electrons. The van der Waals surface area contributed by atoms with Crippen LogP contribution in [0.3, 0.4) is 0 Å². The van der Waals surface area contributed by atoms with E-state index in [-0.39, 0.29) is 48.8 Å². The lowest BCUT2D eigenvalue weighted by Gasteiger charge is -2.16. The molecule has 2 N–H and O–H groups in total. The normalized spacial score (nSPS) is 11.8. The topological polar surface area (TPSA) is 165 Å². The van der Waals surface area contributed by atoms with Crippen LogP contribution in [0, 0.1) is 10.1 Å². The average molecular weight is 493 g/mol. The second kappa shape index (κ2) is 12.5. The predicted molar refractivity (Wildman–Crippen MR) is 121 cm³/mol. The zero-order chi connectivity index (χ0) is 25.1. The maximum Gasteiger partial charge on any atom is 0.339 e. The van der Waals surface area contributed by atoms with Crippen LogP contribution in [0.25, 0.3) is 11.1 Å². The molecule has 0 spiro atoms. The molecule has 0 aliphatic carbocycles. The van der Waals surface area contributed by atoms with E-state index in [9.17, 15) is 28.1 Å². The van der Waals surface area contributed by atoms with Gasteiger partial charge in [-0.2, -0.15) is 0 Å². The molecule has 0 aromatic heterocycles. The Kier molecular flexibility index (Phi) is 9.71. The van der Waals surface area contributed by atoms with Gasteiger partial charge in [0.05, 0.1) is 30.2 Å². The lowest BCUT2D eigenvalue weighted by atomic mass is 9.95. The predicted octanol–water partition coefficient (Wildman–Crippen LogP) is 1.64. The number of ether oxygens (including phenoxy) is 2. The lowest BCUT2D eigenvalue weighted by molar-refractivity contribution is -0.757. The summed E-state index contributed by atoms with van der Waals surface area (Å²) in [4.78, 5) is 39.3. The highest BCUT2D eigenvalue weighted by Gasteiger charge is 2.22. The van der Waals surface area contributed by atoms with Crippen molar-refractivity contribution in [3.05, 3.63) is 75.8 Å². The van der Waals surface area contributed by atoms with Gasteiger partial charge in [-0.05, 0) is 23.3 Å². The quantitative estimate of drug-likeness (QED) is 0.115. The van der Waals surface area contributed by atoms with Crippen molar-refractivity contribution in [3.63, 3.8) is 0 Å². The average Bonchev–Trinajstić information content (AvgIpc) is 2.81. The van der Waals surface area contributed by atoms with Gasteiger partial charge < -0.3 is 20.0 Å². The fourth-order valence-electron chi connectivity index (χ4n) is 2.87. The van der Waals surface area contributed by atoms with E-state index in [2.05, 4.69) is 4.84 Å². The molecule has 0 aliphatic heterocycles. The van der Waals surface area contributed by atoms with Crippen LogP contribution in [0.4, 0.5) is 0 Å². The van der Waals surface area contributed by atoms with Crippen molar-refractivity contribution in [2.75, 3.05) is 32.6 Å². The summed E-state index contributed by atoms with van der Waals surface area (Å²) in [5.74, 6) is -1.47. The number of rotatable bonds is 12. The van der Waals surface area contributed by atoms with Gasteiger partial charge in [-0.15, -0.1) is 10.1 Å². The second-order valence-electron chi connectivity index (χ2n) is 6.93. The number of hydrogen-bond acceptors (Lipinski definition) is 10. The molecule has 0 heterocycles. The minimum atomic E-state index is -3.46. The van der Waals surface area contributed by atoms with Crippen molar-refractivity contribution in [2.24, 2.45) is 5.73 Å². The first-order valence-electron chi connectivity index (χ1n) is 10.0. The molecule has 0 saturated heterocycles. The first-order chi connectivity index (χ1) is 16.1. The number of carbonyl (C=O) groups is 2. The molecular weight excluding hydrogens is 468 g/mol. The summed E-state index contributed by atoms with van der Waals surface area (Å²) < 4.78 is 34.1. The van der Waals surface area contributed by atoms with Gasteiger partial charge >= 0.3 is 11.9 Å². The van der Waals surface area contributed by atoms with Crippen molar-refractivity contribution < 1.29 is 37.4 Å². The van der Waals surface area contributed by atoms with E-state index in [1.165, 1.54) is 24.3 Å². The number of benzene rings is 2. The Morgan fingerprint density at radius 1 is 0.971 bits per heavy atom. The van der Waals surface area contributed by atoms with E-state index in [4.69, 9.17) is 15.2 Å². The molecule has 0 atom stereocenters. The Hall–Kier alpha value is -3.77. The zero-order valence-corrected chi connectivity index (χ0v) is 19.2. The minimum Gasteiger partial charge on any atom is -0.462 e. The Bertz CT molecular complexity index is 1140. The van der Waals surface area contributed by atoms with Crippen molar-refractivity contribution >= 4 is 32.9 Å². The summed E-state index contributed by atoms with van der Waals surface area (Å²) in [6.45, 7) is -1.12. The van der Waals surface area contributed by atoms with Crippen LogP contribution in [0.1, 0.15) is 17.5 Å². The molecule has 2 aromatic carbocycles. The summed E-state index contributed by atoms with van der Waals surface area (Å²) in [5.41, 5.74) is 6.54. The fraction of sp³-hybridized carbons (Fsp3) is 0.273. The second-order valence-corrected chi connectivity index (χ2v) is 8.94. The maximum absolute atomic E-state index is 13.1. The van der Waals surface area contributed by atoms with Crippen LogP contribution in [-0.2, 0) is 33.7 Å². The molecular formula is C22H24N2O9S. The molecule has 0 bridgehead atoms. The van der Waals surface area contributed by atoms with Gasteiger partial charge in [-0.25, -0.2) is 13.2 Å².